The van der Waals surface area contributed by atoms with Gasteiger partial charge >= 0.3 is 0 Å². The van der Waals surface area contributed by atoms with Crippen molar-refractivity contribution in [2.75, 3.05) is 11.5 Å². The van der Waals surface area contributed by atoms with Crippen LogP contribution >= 0.6 is 0 Å². The molecular formula is C14H17N3O2S. The Balaban J connectivity index is 1.74. The molecular weight excluding hydrogens is 274 g/mol. The summed E-state index contributed by atoms with van der Waals surface area (Å²) in [6, 6.07) is 7.70. The molecule has 1 N–H and O–H groups in total. The summed E-state index contributed by atoms with van der Waals surface area (Å²) in [5.74, 6) is 0.459. The van der Waals surface area contributed by atoms with Crippen molar-refractivity contribution < 1.29 is 8.42 Å². The molecule has 5 nitrogen and oxygen atoms in total. The summed E-state index contributed by atoms with van der Waals surface area (Å²) in [6.07, 6.45) is 2.39. The molecule has 2 heterocycles. The van der Waals surface area contributed by atoms with Crippen molar-refractivity contribution in [3.8, 4) is 0 Å². The van der Waals surface area contributed by atoms with Crippen molar-refractivity contribution >= 4 is 20.9 Å². The van der Waals surface area contributed by atoms with Gasteiger partial charge in [0.1, 0.15) is 0 Å². The van der Waals surface area contributed by atoms with Crippen LogP contribution in [0.1, 0.15) is 19.0 Å². The Bertz CT molecular complexity index is 745. The maximum absolute atomic E-state index is 11.6. The van der Waals surface area contributed by atoms with Crippen molar-refractivity contribution in [1.29, 1.82) is 0 Å². The lowest BCUT2D eigenvalue weighted by atomic mass is 10.0. The van der Waals surface area contributed by atoms with E-state index >= 15 is 0 Å². The van der Waals surface area contributed by atoms with E-state index in [1.54, 1.807) is 6.20 Å². The third-order valence-corrected chi connectivity index (χ3v) is 5.60. The quantitative estimate of drug-likeness (QED) is 0.923. The van der Waals surface area contributed by atoms with E-state index in [0.717, 1.165) is 16.7 Å². The Morgan fingerprint density at radius 2 is 2.05 bits per heavy atom. The average Bonchev–Trinajstić information content (AvgIpc) is 2.71. The van der Waals surface area contributed by atoms with Crippen LogP contribution in [0.4, 0.5) is 0 Å². The summed E-state index contributed by atoms with van der Waals surface area (Å²) in [6.45, 7) is 2.48. The lowest BCUT2D eigenvalue weighted by Gasteiger charge is -2.23. The van der Waals surface area contributed by atoms with E-state index in [1.807, 2.05) is 31.2 Å². The van der Waals surface area contributed by atoms with Crippen molar-refractivity contribution in [3.63, 3.8) is 0 Å². The highest BCUT2D eigenvalue weighted by Gasteiger charge is 2.37. The molecule has 0 aliphatic carbocycles. The summed E-state index contributed by atoms with van der Waals surface area (Å²) in [4.78, 5) is 8.89. The summed E-state index contributed by atoms with van der Waals surface area (Å²) in [5.41, 5.74) is 2.20. The van der Waals surface area contributed by atoms with Crippen molar-refractivity contribution in [3.05, 3.63) is 36.2 Å². The Labute approximate surface area is 118 Å². The van der Waals surface area contributed by atoms with E-state index in [1.165, 1.54) is 0 Å². The molecule has 1 aromatic carbocycles. The fraction of sp³-hybridized carbons (Fsp3) is 0.429. The van der Waals surface area contributed by atoms with Crippen LogP contribution < -0.4 is 5.32 Å². The van der Waals surface area contributed by atoms with Gasteiger partial charge in [-0.3, -0.25) is 4.98 Å². The van der Waals surface area contributed by atoms with Crippen LogP contribution in [0, 0.1) is 0 Å². The zero-order chi connectivity index (χ0) is 14.2. The number of nitrogens with zero attached hydrogens (tertiary/aromatic N) is 2. The zero-order valence-electron chi connectivity index (χ0n) is 11.3. The van der Waals surface area contributed by atoms with Gasteiger partial charge in [-0.1, -0.05) is 12.1 Å². The number of benzene rings is 1. The van der Waals surface area contributed by atoms with Gasteiger partial charge in [0.25, 0.3) is 0 Å². The first-order valence-electron chi connectivity index (χ1n) is 6.62. The Morgan fingerprint density at radius 3 is 2.75 bits per heavy atom. The highest BCUT2D eigenvalue weighted by molar-refractivity contribution is 7.91. The van der Waals surface area contributed by atoms with E-state index in [-0.39, 0.29) is 17.0 Å². The first-order chi connectivity index (χ1) is 9.46. The highest BCUT2D eigenvalue weighted by atomic mass is 32.2. The van der Waals surface area contributed by atoms with E-state index in [9.17, 15) is 8.42 Å². The molecule has 0 saturated carbocycles. The predicted molar refractivity (Wildman–Crippen MR) is 78.1 cm³/mol. The molecule has 0 spiro atoms. The molecule has 106 valence electrons. The van der Waals surface area contributed by atoms with Gasteiger partial charge in [-0.15, -0.1) is 0 Å². The monoisotopic (exact) mass is 291 g/mol. The van der Waals surface area contributed by atoms with Gasteiger partial charge in [0.15, 0.2) is 9.84 Å². The number of hydrogen-bond donors (Lipinski definition) is 1. The lowest BCUT2D eigenvalue weighted by molar-refractivity contribution is 0.393. The van der Waals surface area contributed by atoms with E-state index in [4.69, 9.17) is 0 Å². The van der Waals surface area contributed by atoms with Gasteiger partial charge in [-0.25, -0.2) is 13.4 Å². The molecule has 3 rings (SSSR count). The standard InChI is InChI=1S/C14H17N3O2S/c1-14(6-7-20(18,19)10-14)16-9-11-8-15-12-4-2-3-5-13(12)17-11/h2-5,8,16H,6-7,9-10H2,1H3. The van der Waals surface area contributed by atoms with Gasteiger partial charge in [0.2, 0.25) is 0 Å². The molecule has 1 saturated heterocycles. The Hall–Kier alpha value is -1.53. The normalized spacial score (nSPS) is 25.1. The number of hydrogen-bond acceptors (Lipinski definition) is 5. The summed E-state index contributed by atoms with van der Waals surface area (Å²) < 4.78 is 23.1. The van der Waals surface area contributed by atoms with Crippen LogP contribution in [0.15, 0.2) is 30.5 Å². The minimum Gasteiger partial charge on any atom is -0.305 e. The molecule has 1 atom stereocenters. The first kappa shape index (κ1) is 13.5. The third kappa shape index (κ3) is 2.81. The molecule has 1 aliphatic rings. The number of nitrogens with one attached hydrogen (secondary N) is 1. The molecule has 0 bridgehead atoms. The molecule has 1 aliphatic heterocycles. The van der Waals surface area contributed by atoms with Gasteiger partial charge in [-0.05, 0) is 25.5 Å². The maximum atomic E-state index is 11.6. The van der Waals surface area contributed by atoms with Crippen LogP contribution in [-0.2, 0) is 16.4 Å². The topological polar surface area (TPSA) is 72.0 Å². The molecule has 6 heteroatoms. The fourth-order valence-corrected chi connectivity index (χ4v) is 4.66. The van der Waals surface area contributed by atoms with Gasteiger partial charge in [0.05, 0.1) is 34.4 Å². The number of para-hydroxylation sites is 2. The molecule has 2 aromatic rings. The molecule has 0 amide bonds. The summed E-state index contributed by atoms with van der Waals surface area (Å²) in [7, 11) is -2.89. The SMILES string of the molecule is CC1(NCc2cnc3ccccc3n2)CCS(=O)(=O)C1. The summed E-state index contributed by atoms with van der Waals surface area (Å²) in [5, 5.41) is 3.31. The minimum atomic E-state index is -2.89. The van der Waals surface area contributed by atoms with E-state index in [0.29, 0.717) is 13.0 Å². The molecule has 1 aromatic heterocycles. The second-order valence-electron chi connectivity index (χ2n) is 5.61. The zero-order valence-corrected chi connectivity index (χ0v) is 12.2. The number of rotatable bonds is 3. The number of sulfone groups is 1. The third-order valence-electron chi connectivity index (χ3n) is 3.70. The van der Waals surface area contributed by atoms with Crippen molar-refractivity contribution in [1.82, 2.24) is 15.3 Å². The van der Waals surface area contributed by atoms with Crippen LogP contribution in [0.25, 0.3) is 11.0 Å². The average molecular weight is 291 g/mol. The largest absolute Gasteiger partial charge is 0.305 e. The Kier molecular flexibility index (Phi) is 3.22. The van der Waals surface area contributed by atoms with Crippen LogP contribution in [0.3, 0.4) is 0 Å². The van der Waals surface area contributed by atoms with Crippen LogP contribution in [0.2, 0.25) is 0 Å². The smallest absolute Gasteiger partial charge is 0.152 e. The van der Waals surface area contributed by atoms with Gasteiger partial charge in [-0.2, -0.15) is 0 Å². The number of aromatic nitrogens is 2. The van der Waals surface area contributed by atoms with Crippen LogP contribution in [-0.4, -0.2) is 35.4 Å². The predicted octanol–water partition coefficient (Wildman–Crippen LogP) is 1.30. The fourth-order valence-electron chi connectivity index (χ4n) is 2.53. The number of fused-ring (bicyclic) bond motifs is 1. The van der Waals surface area contributed by atoms with E-state index < -0.39 is 9.84 Å². The van der Waals surface area contributed by atoms with Gasteiger partial charge < -0.3 is 5.32 Å². The maximum Gasteiger partial charge on any atom is 0.152 e. The molecule has 1 fully saturated rings. The van der Waals surface area contributed by atoms with Gasteiger partial charge in [0, 0.05) is 12.1 Å². The molecule has 1 unspecified atom stereocenters. The van der Waals surface area contributed by atoms with Crippen LogP contribution in [0.5, 0.6) is 0 Å². The summed E-state index contributed by atoms with van der Waals surface area (Å²) >= 11 is 0. The second-order valence-corrected chi connectivity index (χ2v) is 7.79. The lowest BCUT2D eigenvalue weighted by Crippen LogP contribution is -2.43. The van der Waals surface area contributed by atoms with E-state index in [2.05, 4.69) is 15.3 Å². The first-order valence-corrected chi connectivity index (χ1v) is 8.44. The second kappa shape index (κ2) is 4.79. The Morgan fingerprint density at radius 1 is 1.30 bits per heavy atom. The minimum absolute atomic E-state index is 0.195. The van der Waals surface area contributed by atoms with Crippen molar-refractivity contribution in [2.24, 2.45) is 0 Å². The van der Waals surface area contributed by atoms with Crippen molar-refractivity contribution in [2.45, 2.75) is 25.4 Å². The molecule has 20 heavy (non-hydrogen) atoms. The highest BCUT2D eigenvalue weighted by Crippen LogP contribution is 2.23. The molecule has 0 radical (unpaired) electrons.